The Bertz CT molecular complexity index is 406. The average Bonchev–Trinajstić information content (AvgIpc) is 2.75. The van der Waals surface area contributed by atoms with Crippen molar-refractivity contribution >= 4 is 5.97 Å². The number of nitrogens with zero attached hydrogens (tertiary/aromatic N) is 2. The molecular weight excluding hydrogens is 213 g/mol. The minimum Gasteiger partial charge on any atom is -0.481 e. The Morgan fingerprint density at radius 2 is 2.13 bits per heavy atom. The lowest BCUT2D eigenvalue weighted by molar-refractivity contribution is -0.214. The lowest BCUT2D eigenvalue weighted by atomic mass is 10.0. The van der Waals surface area contributed by atoms with Crippen LogP contribution in [0.2, 0.25) is 0 Å². The first-order valence-corrected chi connectivity index (χ1v) is 4.23. The Labute approximate surface area is 82.3 Å². The smallest absolute Gasteiger partial charge is 0.481 e. The molecule has 0 aromatic carbocycles. The van der Waals surface area contributed by atoms with Crippen LogP contribution < -0.4 is 0 Å². The molecule has 1 N–H and O–H groups in total. The first-order chi connectivity index (χ1) is 6.88. The minimum atomic E-state index is -4.66. The molecule has 1 saturated carbocycles. The van der Waals surface area contributed by atoms with E-state index in [1.807, 2.05) is 0 Å². The van der Waals surface area contributed by atoms with Gasteiger partial charge in [0.15, 0.2) is 0 Å². The highest BCUT2D eigenvalue weighted by molar-refractivity contribution is 5.84. The largest absolute Gasteiger partial charge is 0.504 e. The van der Waals surface area contributed by atoms with E-state index in [9.17, 15) is 18.0 Å². The first-order valence-electron chi connectivity index (χ1n) is 4.23. The van der Waals surface area contributed by atoms with Crippen molar-refractivity contribution in [3.05, 3.63) is 18.0 Å². The van der Waals surface area contributed by atoms with Crippen molar-refractivity contribution in [3.8, 4) is 0 Å². The molecule has 2 rings (SSSR count). The quantitative estimate of drug-likeness (QED) is 0.821. The molecule has 0 spiro atoms. The fourth-order valence-electron chi connectivity index (χ4n) is 1.57. The molecule has 82 valence electrons. The lowest BCUT2D eigenvalue weighted by Crippen LogP contribution is -2.29. The van der Waals surface area contributed by atoms with Crippen LogP contribution in [0.4, 0.5) is 13.2 Å². The molecule has 1 heterocycles. The normalized spacial score (nSPS) is 18.9. The summed E-state index contributed by atoms with van der Waals surface area (Å²) in [5, 5.41) is 12.0. The molecule has 7 heteroatoms. The van der Waals surface area contributed by atoms with E-state index in [0.717, 1.165) is 12.3 Å². The number of carboxylic acid groups (broad SMARTS) is 1. The zero-order valence-electron chi connectivity index (χ0n) is 7.45. The van der Waals surface area contributed by atoms with Crippen LogP contribution in [0.1, 0.15) is 18.5 Å². The maximum absolute atomic E-state index is 12.4. The summed E-state index contributed by atoms with van der Waals surface area (Å²) < 4.78 is 37.1. The van der Waals surface area contributed by atoms with Crippen LogP contribution in [0.5, 0.6) is 0 Å². The van der Waals surface area contributed by atoms with Crippen LogP contribution in [0, 0.1) is 0 Å². The topological polar surface area (TPSA) is 55.1 Å². The van der Waals surface area contributed by atoms with E-state index >= 15 is 0 Å². The summed E-state index contributed by atoms with van der Waals surface area (Å²) in [5.41, 5.74) is -1.67. The second kappa shape index (κ2) is 2.74. The van der Waals surface area contributed by atoms with Gasteiger partial charge in [-0.25, -0.2) is 0 Å². The van der Waals surface area contributed by atoms with Gasteiger partial charge in [0.05, 0.1) is 5.69 Å². The van der Waals surface area contributed by atoms with Gasteiger partial charge in [-0.3, -0.25) is 4.79 Å². The number of alkyl halides is 3. The van der Waals surface area contributed by atoms with E-state index in [-0.39, 0.29) is 23.2 Å². The summed E-state index contributed by atoms with van der Waals surface area (Å²) in [4.78, 5) is 10.9. The van der Waals surface area contributed by atoms with Crippen molar-refractivity contribution in [2.45, 2.75) is 24.6 Å². The zero-order valence-corrected chi connectivity index (χ0v) is 7.45. The Hall–Kier alpha value is -1.53. The van der Waals surface area contributed by atoms with Crippen molar-refractivity contribution in [3.63, 3.8) is 0 Å². The summed E-state index contributed by atoms with van der Waals surface area (Å²) in [6.45, 7) is 0. The number of halogens is 3. The van der Waals surface area contributed by atoms with Gasteiger partial charge in [0.1, 0.15) is 5.41 Å². The third-order valence-electron chi connectivity index (χ3n) is 2.53. The predicted molar refractivity (Wildman–Crippen MR) is 42.1 cm³/mol. The average molecular weight is 220 g/mol. The number of hydrogen-bond donors (Lipinski definition) is 1. The summed E-state index contributed by atoms with van der Waals surface area (Å²) in [5.74, 6) is -1.23. The predicted octanol–water partition coefficient (Wildman–Crippen LogP) is 1.48. The molecule has 15 heavy (non-hydrogen) atoms. The van der Waals surface area contributed by atoms with Gasteiger partial charge in [-0.1, -0.05) is 0 Å². The van der Waals surface area contributed by atoms with Crippen LogP contribution >= 0.6 is 0 Å². The van der Waals surface area contributed by atoms with Crippen LogP contribution in [0.15, 0.2) is 12.3 Å². The van der Waals surface area contributed by atoms with Crippen LogP contribution in [0.25, 0.3) is 0 Å². The molecule has 0 aliphatic heterocycles. The second-order valence-corrected chi connectivity index (χ2v) is 3.48. The van der Waals surface area contributed by atoms with Crippen molar-refractivity contribution in [2.24, 2.45) is 0 Å². The molecule has 0 unspecified atom stereocenters. The van der Waals surface area contributed by atoms with Gasteiger partial charge in [0.25, 0.3) is 0 Å². The number of carbonyl (C=O) groups is 1. The van der Waals surface area contributed by atoms with Crippen molar-refractivity contribution < 1.29 is 23.1 Å². The molecular formula is C8H7F3N2O2. The molecule has 0 bridgehead atoms. The summed E-state index contributed by atoms with van der Waals surface area (Å²) >= 11 is 0. The first kappa shape index (κ1) is 10.0. The monoisotopic (exact) mass is 220 g/mol. The summed E-state index contributed by atoms with van der Waals surface area (Å²) in [7, 11) is 0. The van der Waals surface area contributed by atoms with Gasteiger partial charge in [0, 0.05) is 6.20 Å². The molecule has 0 atom stereocenters. The number of aromatic nitrogens is 2. The molecule has 0 saturated heterocycles. The van der Waals surface area contributed by atoms with Gasteiger partial charge in [-0.15, -0.1) is 13.2 Å². The second-order valence-electron chi connectivity index (χ2n) is 3.48. The van der Waals surface area contributed by atoms with Crippen molar-refractivity contribution in [1.29, 1.82) is 0 Å². The Morgan fingerprint density at radius 1 is 1.53 bits per heavy atom. The third-order valence-corrected chi connectivity index (χ3v) is 2.53. The maximum Gasteiger partial charge on any atom is 0.504 e. The van der Waals surface area contributed by atoms with E-state index in [4.69, 9.17) is 5.11 Å². The van der Waals surface area contributed by atoms with Gasteiger partial charge in [0.2, 0.25) is 0 Å². The highest BCUT2D eigenvalue weighted by Gasteiger charge is 2.56. The standard InChI is InChI=1S/C8H7F3N2O2/c9-8(10,11)13-5(1-4-12-13)7(2-3-7)6(14)15/h1,4H,2-3H2,(H,14,15). The lowest BCUT2D eigenvalue weighted by Gasteiger charge is -2.14. The zero-order chi connectivity index (χ0) is 11.3. The summed E-state index contributed by atoms with van der Waals surface area (Å²) in [6, 6.07) is 1.11. The van der Waals surface area contributed by atoms with Crippen molar-refractivity contribution in [1.82, 2.24) is 9.78 Å². The van der Waals surface area contributed by atoms with Crippen molar-refractivity contribution in [2.75, 3.05) is 0 Å². The molecule has 1 aromatic heterocycles. The van der Waals surface area contributed by atoms with E-state index in [0.29, 0.717) is 0 Å². The van der Waals surface area contributed by atoms with Crippen LogP contribution in [-0.2, 0) is 16.5 Å². The van der Waals surface area contributed by atoms with Gasteiger partial charge in [-0.2, -0.15) is 9.78 Å². The number of carboxylic acids is 1. The van der Waals surface area contributed by atoms with E-state index in [1.54, 1.807) is 0 Å². The minimum absolute atomic E-state index is 0.172. The highest BCUT2D eigenvalue weighted by Crippen LogP contribution is 2.49. The Kier molecular flexibility index (Phi) is 1.83. The molecule has 0 amide bonds. The highest BCUT2D eigenvalue weighted by atomic mass is 19.4. The van der Waals surface area contributed by atoms with Gasteiger partial charge >= 0.3 is 12.3 Å². The fourth-order valence-corrected chi connectivity index (χ4v) is 1.57. The number of aliphatic carboxylic acids is 1. The molecule has 4 nitrogen and oxygen atoms in total. The SMILES string of the molecule is O=C(O)C1(c2ccnn2C(F)(F)F)CC1. The maximum atomic E-state index is 12.4. The van der Waals surface area contributed by atoms with Crippen LogP contribution in [-0.4, -0.2) is 20.9 Å². The molecule has 1 fully saturated rings. The molecule has 1 aliphatic rings. The third kappa shape index (κ3) is 1.38. The number of rotatable bonds is 2. The van der Waals surface area contributed by atoms with Gasteiger partial charge < -0.3 is 5.11 Å². The number of hydrogen-bond acceptors (Lipinski definition) is 2. The van der Waals surface area contributed by atoms with E-state index in [2.05, 4.69) is 5.10 Å². The van der Waals surface area contributed by atoms with E-state index in [1.165, 1.54) is 0 Å². The molecule has 0 radical (unpaired) electrons. The summed E-state index contributed by atoms with van der Waals surface area (Å²) in [6.07, 6.45) is -3.25. The molecule has 1 aliphatic carbocycles. The van der Waals surface area contributed by atoms with E-state index < -0.39 is 17.7 Å². The molecule has 1 aromatic rings. The van der Waals surface area contributed by atoms with Crippen LogP contribution in [0.3, 0.4) is 0 Å². The fraction of sp³-hybridized carbons (Fsp3) is 0.500. The Morgan fingerprint density at radius 3 is 2.53 bits per heavy atom. The Balaban J connectivity index is 2.47. The van der Waals surface area contributed by atoms with Gasteiger partial charge in [-0.05, 0) is 18.9 Å².